The summed E-state index contributed by atoms with van der Waals surface area (Å²) in [5, 5.41) is 5.83. The number of benzene rings is 1. The first kappa shape index (κ1) is 19.5. The monoisotopic (exact) mass is 385 g/mol. The van der Waals surface area contributed by atoms with Gasteiger partial charge in [0.2, 0.25) is 5.91 Å². The molecular weight excluding hydrogens is 358 g/mol. The zero-order valence-corrected chi connectivity index (χ0v) is 17.0. The van der Waals surface area contributed by atoms with E-state index in [1.165, 1.54) is 12.5 Å². The molecule has 1 aromatic carbocycles. The van der Waals surface area contributed by atoms with Gasteiger partial charge in [-0.25, -0.2) is 4.98 Å². The summed E-state index contributed by atoms with van der Waals surface area (Å²) in [6.45, 7) is 7.78. The summed E-state index contributed by atoms with van der Waals surface area (Å²) in [7, 11) is 0. The van der Waals surface area contributed by atoms with E-state index in [1.807, 2.05) is 22.4 Å². The van der Waals surface area contributed by atoms with Crippen molar-refractivity contribution >= 4 is 23.2 Å². The number of carbonyl (C=O) groups is 2. The summed E-state index contributed by atoms with van der Waals surface area (Å²) < 4.78 is 0. The Labute approximate surface area is 164 Å². The van der Waals surface area contributed by atoms with Crippen molar-refractivity contribution in [3.8, 4) is 0 Å². The average Bonchev–Trinajstić information content (AvgIpc) is 3.15. The van der Waals surface area contributed by atoms with Crippen LogP contribution in [0.4, 0.5) is 0 Å². The number of piperidine rings is 1. The molecule has 5 nitrogen and oxygen atoms in total. The molecule has 0 unspecified atom stereocenters. The van der Waals surface area contributed by atoms with Gasteiger partial charge in [-0.2, -0.15) is 0 Å². The van der Waals surface area contributed by atoms with Crippen LogP contribution >= 0.6 is 11.3 Å². The van der Waals surface area contributed by atoms with Gasteiger partial charge in [0, 0.05) is 36.9 Å². The van der Waals surface area contributed by atoms with Gasteiger partial charge in [-0.3, -0.25) is 9.59 Å². The standard InChI is InChI=1S/C21H27N3O2S/c1-14(2)16-6-8-17(9-7-16)21(26)24-10-4-5-18(12-24)20-23-19(13-27-20)11-22-15(3)25/h6-9,13-14,18H,4-5,10-12H2,1-3H3,(H,22,25)/t18-/m1/s1. The fourth-order valence-electron chi connectivity index (χ4n) is 3.36. The highest BCUT2D eigenvalue weighted by Gasteiger charge is 2.27. The van der Waals surface area contributed by atoms with Gasteiger partial charge in [0.25, 0.3) is 5.91 Å². The van der Waals surface area contributed by atoms with Crippen molar-refractivity contribution in [3.63, 3.8) is 0 Å². The Bertz CT molecular complexity index is 798. The van der Waals surface area contributed by atoms with E-state index in [-0.39, 0.29) is 17.7 Å². The first-order chi connectivity index (χ1) is 12.9. The topological polar surface area (TPSA) is 62.3 Å². The number of hydrogen-bond acceptors (Lipinski definition) is 4. The minimum absolute atomic E-state index is 0.0533. The van der Waals surface area contributed by atoms with Crippen molar-refractivity contribution in [1.29, 1.82) is 0 Å². The van der Waals surface area contributed by atoms with Gasteiger partial charge in [0.1, 0.15) is 0 Å². The van der Waals surface area contributed by atoms with Crippen LogP contribution in [0.5, 0.6) is 0 Å². The second-order valence-corrected chi connectivity index (χ2v) is 8.34. The Kier molecular flexibility index (Phi) is 6.26. The summed E-state index contributed by atoms with van der Waals surface area (Å²) >= 11 is 1.62. The molecule has 27 heavy (non-hydrogen) atoms. The molecule has 2 amide bonds. The van der Waals surface area contributed by atoms with Crippen LogP contribution in [-0.2, 0) is 11.3 Å². The number of rotatable bonds is 5. The quantitative estimate of drug-likeness (QED) is 0.848. The molecule has 0 bridgehead atoms. The van der Waals surface area contributed by atoms with Crippen molar-refractivity contribution in [2.24, 2.45) is 0 Å². The van der Waals surface area contributed by atoms with E-state index in [9.17, 15) is 9.59 Å². The van der Waals surface area contributed by atoms with Crippen LogP contribution in [0.1, 0.15) is 72.1 Å². The number of hydrogen-bond donors (Lipinski definition) is 1. The third-order valence-electron chi connectivity index (χ3n) is 4.97. The Balaban J connectivity index is 1.65. The lowest BCUT2D eigenvalue weighted by Crippen LogP contribution is -2.39. The molecule has 2 heterocycles. The summed E-state index contributed by atoms with van der Waals surface area (Å²) in [6, 6.07) is 7.98. The lowest BCUT2D eigenvalue weighted by Gasteiger charge is -2.32. The second-order valence-electron chi connectivity index (χ2n) is 7.45. The fourth-order valence-corrected chi connectivity index (χ4v) is 4.31. The predicted octanol–water partition coefficient (Wildman–Crippen LogP) is 3.92. The smallest absolute Gasteiger partial charge is 0.253 e. The van der Waals surface area contributed by atoms with Crippen molar-refractivity contribution in [3.05, 3.63) is 51.5 Å². The van der Waals surface area contributed by atoms with Gasteiger partial charge in [-0.1, -0.05) is 26.0 Å². The van der Waals surface area contributed by atoms with Gasteiger partial charge in [-0.05, 0) is 36.5 Å². The molecule has 1 aliphatic heterocycles. The van der Waals surface area contributed by atoms with Crippen LogP contribution in [0.3, 0.4) is 0 Å². The van der Waals surface area contributed by atoms with Gasteiger partial charge in [0.05, 0.1) is 17.2 Å². The molecule has 0 spiro atoms. The average molecular weight is 386 g/mol. The van der Waals surface area contributed by atoms with E-state index in [1.54, 1.807) is 11.3 Å². The van der Waals surface area contributed by atoms with Crippen LogP contribution in [0, 0.1) is 0 Å². The Morgan fingerprint density at radius 3 is 2.70 bits per heavy atom. The summed E-state index contributed by atoms with van der Waals surface area (Å²) in [4.78, 5) is 30.6. The third-order valence-corrected chi connectivity index (χ3v) is 6.03. The van der Waals surface area contributed by atoms with Crippen LogP contribution in [0.25, 0.3) is 0 Å². The molecule has 3 rings (SSSR count). The molecule has 0 radical (unpaired) electrons. The van der Waals surface area contributed by atoms with E-state index in [0.29, 0.717) is 19.0 Å². The number of likely N-dealkylation sites (tertiary alicyclic amines) is 1. The summed E-state index contributed by atoms with van der Waals surface area (Å²) in [6.07, 6.45) is 2.03. The van der Waals surface area contributed by atoms with Gasteiger partial charge >= 0.3 is 0 Å². The first-order valence-corrected chi connectivity index (χ1v) is 10.4. The number of amides is 2. The van der Waals surface area contributed by atoms with Crippen LogP contribution < -0.4 is 5.32 Å². The maximum atomic E-state index is 12.9. The van der Waals surface area contributed by atoms with Crippen molar-refractivity contribution in [1.82, 2.24) is 15.2 Å². The summed E-state index contributed by atoms with van der Waals surface area (Å²) in [5.41, 5.74) is 2.89. The molecule has 1 fully saturated rings. The highest BCUT2D eigenvalue weighted by atomic mass is 32.1. The maximum absolute atomic E-state index is 12.9. The zero-order valence-electron chi connectivity index (χ0n) is 16.2. The highest BCUT2D eigenvalue weighted by Crippen LogP contribution is 2.30. The van der Waals surface area contributed by atoms with E-state index in [0.717, 1.165) is 35.7 Å². The van der Waals surface area contributed by atoms with E-state index in [2.05, 4.69) is 36.3 Å². The number of thiazole rings is 1. The molecule has 144 valence electrons. The summed E-state index contributed by atoms with van der Waals surface area (Å²) in [5.74, 6) is 0.784. The fraction of sp³-hybridized carbons (Fsp3) is 0.476. The molecule has 1 atom stereocenters. The number of carbonyl (C=O) groups excluding carboxylic acids is 2. The van der Waals surface area contributed by atoms with E-state index < -0.39 is 0 Å². The molecular formula is C21H27N3O2S. The van der Waals surface area contributed by atoms with Crippen LogP contribution in [0.15, 0.2) is 29.6 Å². The molecule has 1 N–H and O–H groups in total. The largest absolute Gasteiger partial charge is 0.351 e. The molecule has 2 aromatic rings. The Morgan fingerprint density at radius 1 is 1.30 bits per heavy atom. The molecule has 1 aromatic heterocycles. The highest BCUT2D eigenvalue weighted by molar-refractivity contribution is 7.09. The predicted molar refractivity (Wildman–Crippen MR) is 108 cm³/mol. The second kappa shape index (κ2) is 8.65. The molecule has 1 saturated heterocycles. The Hall–Kier alpha value is -2.21. The van der Waals surface area contributed by atoms with Gasteiger partial charge in [-0.15, -0.1) is 11.3 Å². The number of aromatic nitrogens is 1. The van der Waals surface area contributed by atoms with Crippen molar-refractivity contribution < 1.29 is 9.59 Å². The lowest BCUT2D eigenvalue weighted by atomic mass is 9.97. The third kappa shape index (κ3) is 4.95. The van der Waals surface area contributed by atoms with Crippen LogP contribution in [-0.4, -0.2) is 34.8 Å². The molecule has 6 heteroatoms. The van der Waals surface area contributed by atoms with Crippen molar-refractivity contribution in [2.75, 3.05) is 13.1 Å². The maximum Gasteiger partial charge on any atom is 0.253 e. The molecule has 0 aliphatic carbocycles. The Morgan fingerprint density at radius 2 is 2.04 bits per heavy atom. The van der Waals surface area contributed by atoms with E-state index >= 15 is 0 Å². The van der Waals surface area contributed by atoms with Gasteiger partial charge < -0.3 is 10.2 Å². The number of nitrogens with one attached hydrogen (secondary N) is 1. The zero-order chi connectivity index (χ0) is 19.4. The van der Waals surface area contributed by atoms with Crippen molar-refractivity contribution in [2.45, 2.75) is 52.0 Å². The molecule has 0 saturated carbocycles. The minimum Gasteiger partial charge on any atom is -0.351 e. The minimum atomic E-state index is -0.0533. The molecule has 1 aliphatic rings. The SMILES string of the molecule is CC(=O)NCc1csc([C@@H]2CCCN(C(=O)c3ccc(C(C)C)cc3)C2)n1. The van der Waals surface area contributed by atoms with Gasteiger partial charge in [0.15, 0.2) is 0 Å². The number of nitrogens with zero attached hydrogens (tertiary/aromatic N) is 2. The first-order valence-electron chi connectivity index (χ1n) is 9.52. The lowest BCUT2D eigenvalue weighted by molar-refractivity contribution is -0.119. The normalized spacial score (nSPS) is 17.2. The van der Waals surface area contributed by atoms with E-state index in [4.69, 9.17) is 0 Å². The van der Waals surface area contributed by atoms with Crippen LogP contribution in [0.2, 0.25) is 0 Å².